The van der Waals surface area contributed by atoms with E-state index in [1.165, 1.54) is 0 Å². The number of carbonyl (C=O) groups is 2. The Hall–Kier alpha value is -2.04. The first-order valence-corrected chi connectivity index (χ1v) is 7.26. The number of hydrogen-bond donors (Lipinski definition) is 3. The molecule has 0 bridgehead atoms. The van der Waals surface area contributed by atoms with Crippen molar-refractivity contribution in [1.82, 2.24) is 5.32 Å². The minimum atomic E-state index is -1.20. The highest BCUT2D eigenvalue weighted by atomic mass is 16.4. The van der Waals surface area contributed by atoms with Crippen LogP contribution in [0.4, 0.5) is 10.5 Å². The molecular weight excluding hydrogens is 268 g/mol. The highest BCUT2D eigenvalue weighted by Crippen LogP contribution is 2.39. The van der Waals surface area contributed by atoms with Crippen molar-refractivity contribution in [1.29, 1.82) is 0 Å². The molecular formula is C16H22N2O3. The summed E-state index contributed by atoms with van der Waals surface area (Å²) in [6, 6.07) is 7.07. The number of carbonyl (C=O) groups excluding carboxylic acids is 1. The van der Waals surface area contributed by atoms with Crippen LogP contribution in [0.15, 0.2) is 24.3 Å². The first kappa shape index (κ1) is 15.4. The lowest BCUT2D eigenvalue weighted by Gasteiger charge is -2.26. The quantitative estimate of drug-likeness (QED) is 0.779. The number of carboxylic acids is 1. The Morgan fingerprint density at radius 1 is 1.29 bits per heavy atom. The van der Waals surface area contributed by atoms with E-state index in [1.54, 1.807) is 6.92 Å². The van der Waals surface area contributed by atoms with Crippen LogP contribution in [-0.4, -0.2) is 22.6 Å². The molecule has 2 rings (SSSR count). The topological polar surface area (TPSA) is 78.4 Å². The van der Waals surface area contributed by atoms with Crippen LogP contribution >= 0.6 is 0 Å². The molecule has 0 radical (unpaired) electrons. The van der Waals surface area contributed by atoms with E-state index in [4.69, 9.17) is 0 Å². The second-order valence-corrected chi connectivity index (χ2v) is 6.10. The summed E-state index contributed by atoms with van der Waals surface area (Å²) in [7, 11) is 0. The Kier molecular flexibility index (Phi) is 4.21. The van der Waals surface area contributed by atoms with Crippen LogP contribution in [0.1, 0.15) is 45.1 Å². The average molecular weight is 290 g/mol. The van der Waals surface area contributed by atoms with Crippen LogP contribution in [0.5, 0.6) is 0 Å². The Morgan fingerprint density at radius 3 is 2.43 bits per heavy atom. The number of anilines is 1. The highest BCUT2D eigenvalue weighted by molar-refractivity contribution is 5.94. The summed E-state index contributed by atoms with van der Waals surface area (Å²) < 4.78 is 0. The van der Waals surface area contributed by atoms with Gasteiger partial charge in [0.15, 0.2) is 0 Å². The van der Waals surface area contributed by atoms with Crippen LogP contribution in [0.2, 0.25) is 0 Å². The number of para-hydroxylation sites is 1. The van der Waals surface area contributed by atoms with E-state index < -0.39 is 17.5 Å². The van der Waals surface area contributed by atoms with Crippen molar-refractivity contribution in [2.24, 2.45) is 5.92 Å². The van der Waals surface area contributed by atoms with Gasteiger partial charge in [0.1, 0.15) is 5.54 Å². The van der Waals surface area contributed by atoms with E-state index in [0.717, 1.165) is 18.4 Å². The maximum atomic E-state index is 12.2. The standard InChI is InChI=1S/C16H22N2O3/c1-10(2)12-6-4-5-7-13(12)17-15(21)18-16(3,14(19)20)11-8-9-11/h4-7,10-11H,8-9H2,1-3H3,(H,19,20)(H2,17,18,21). The lowest BCUT2D eigenvalue weighted by Crippen LogP contribution is -2.55. The van der Waals surface area contributed by atoms with Crippen LogP contribution in [0.3, 0.4) is 0 Å². The predicted molar refractivity (Wildman–Crippen MR) is 81.5 cm³/mol. The number of urea groups is 1. The van der Waals surface area contributed by atoms with Gasteiger partial charge in [0.05, 0.1) is 0 Å². The lowest BCUT2D eigenvalue weighted by atomic mass is 9.96. The summed E-state index contributed by atoms with van der Waals surface area (Å²) in [6.45, 7) is 5.66. The van der Waals surface area contributed by atoms with Gasteiger partial charge in [-0.1, -0.05) is 32.0 Å². The molecule has 0 heterocycles. The summed E-state index contributed by atoms with van der Waals surface area (Å²) in [5.41, 5.74) is 0.543. The SMILES string of the molecule is CC(C)c1ccccc1NC(=O)NC(C)(C(=O)O)C1CC1. The molecule has 1 unspecified atom stereocenters. The fourth-order valence-electron chi connectivity index (χ4n) is 2.49. The van der Waals surface area contributed by atoms with E-state index in [2.05, 4.69) is 10.6 Å². The first-order valence-electron chi connectivity index (χ1n) is 7.26. The summed E-state index contributed by atoms with van der Waals surface area (Å²) in [6.07, 6.45) is 1.68. The first-order chi connectivity index (χ1) is 9.84. The van der Waals surface area contributed by atoms with Gasteiger partial charge in [0.2, 0.25) is 0 Å². The molecule has 0 aliphatic heterocycles. The van der Waals surface area contributed by atoms with Crippen LogP contribution < -0.4 is 10.6 Å². The van der Waals surface area contributed by atoms with Gasteiger partial charge in [-0.15, -0.1) is 0 Å². The van der Waals surface area contributed by atoms with Crippen LogP contribution in [0, 0.1) is 5.92 Å². The predicted octanol–water partition coefficient (Wildman–Crippen LogP) is 3.18. The lowest BCUT2D eigenvalue weighted by molar-refractivity contribution is -0.144. The minimum Gasteiger partial charge on any atom is -0.480 e. The maximum absolute atomic E-state index is 12.2. The fraction of sp³-hybridized carbons (Fsp3) is 0.500. The van der Waals surface area contributed by atoms with Crippen LogP contribution in [0.25, 0.3) is 0 Å². The molecule has 5 nitrogen and oxygen atoms in total. The fourth-order valence-corrected chi connectivity index (χ4v) is 2.49. The summed E-state index contributed by atoms with van der Waals surface area (Å²) >= 11 is 0. The van der Waals surface area contributed by atoms with Crippen molar-refractivity contribution < 1.29 is 14.7 Å². The minimum absolute atomic E-state index is 0.0149. The van der Waals surface area contributed by atoms with Crippen molar-refractivity contribution in [2.75, 3.05) is 5.32 Å². The molecule has 114 valence electrons. The van der Waals surface area contributed by atoms with Gasteiger partial charge in [0, 0.05) is 5.69 Å². The Labute approximate surface area is 124 Å². The van der Waals surface area contributed by atoms with Gasteiger partial charge in [-0.2, -0.15) is 0 Å². The van der Waals surface area contributed by atoms with Crippen molar-refractivity contribution >= 4 is 17.7 Å². The largest absolute Gasteiger partial charge is 0.480 e. The number of amides is 2. The second-order valence-electron chi connectivity index (χ2n) is 6.10. The molecule has 1 fully saturated rings. The van der Waals surface area contributed by atoms with Gasteiger partial charge in [-0.25, -0.2) is 9.59 Å². The van der Waals surface area contributed by atoms with Crippen molar-refractivity contribution in [3.8, 4) is 0 Å². The molecule has 21 heavy (non-hydrogen) atoms. The molecule has 2 amide bonds. The average Bonchev–Trinajstić information content (AvgIpc) is 3.23. The molecule has 1 aromatic carbocycles. The summed E-state index contributed by atoms with van der Waals surface area (Å²) in [4.78, 5) is 23.6. The van der Waals surface area contributed by atoms with E-state index in [-0.39, 0.29) is 11.8 Å². The van der Waals surface area contributed by atoms with Crippen molar-refractivity contribution in [3.63, 3.8) is 0 Å². The number of hydrogen-bond acceptors (Lipinski definition) is 2. The van der Waals surface area contributed by atoms with Crippen molar-refractivity contribution in [3.05, 3.63) is 29.8 Å². The molecule has 1 atom stereocenters. The van der Waals surface area contributed by atoms with Gasteiger partial charge >= 0.3 is 12.0 Å². The highest BCUT2D eigenvalue weighted by Gasteiger charge is 2.48. The van der Waals surface area contributed by atoms with E-state index in [9.17, 15) is 14.7 Å². The summed E-state index contributed by atoms with van der Waals surface area (Å²) in [5, 5.41) is 14.7. The molecule has 0 saturated heterocycles. The molecule has 5 heteroatoms. The normalized spacial score (nSPS) is 17.1. The molecule has 0 aromatic heterocycles. The third kappa shape index (κ3) is 3.35. The third-order valence-electron chi connectivity index (χ3n) is 4.04. The van der Waals surface area contributed by atoms with Gasteiger partial charge in [-0.3, -0.25) is 0 Å². The zero-order chi connectivity index (χ0) is 15.6. The zero-order valence-corrected chi connectivity index (χ0v) is 12.6. The second kappa shape index (κ2) is 5.76. The number of nitrogens with one attached hydrogen (secondary N) is 2. The smallest absolute Gasteiger partial charge is 0.329 e. The van der Waals surface area contributed by atoms with Gasteiger partial charge < -0.3 is 15.7 Å². The number of carboxylic acid groups (broad SMARTS) is 1. The third-order valence-corrected chi connectivity index (χ3v) is 4.04. The molecule has 1 aromatic rings. The van der Waals surface area contributed by atoms with E-state index >= 15 is 0 Å². The molecule has 3 N–H and O–H groups in total. The molecule has 1 aliphatic carbocycles. The Morgan fingerprint density at radius 2 is 1.90 bits per heavy atom. The van der Waals surface area contributed by atoms with E-state index in [0.29, 0.717) is 5.69 Å². The zero-order valence-electron chi connectivity index (χ0n) is 12.6. The van der Waals surface area contributed by atoms with E-state index in [1.807, 2.05) is 38.1 Å². The van der Waals surface area contributed by atoms with Gasteiger partial charge in [-0.05, 0) is 43.2 Å². The number of aliphatic carboxylic acids is 1. The molecule has 1 saturated carbocycles. The monoisotopic (exact) mass is 290 g/mol. The maximum Gasteiger partial charge on any atom is 0.329 e. The Balaban J connectivity index is 2.10. The molecule has 1 aliphatic rings. The van der Waals surface area contributed by atoms with Crippen molar-refractivity contribution in [2.45, 2.75) is 45.1 Å². The van der Waals surface area contributed by atoms with Gasteiger partial charge in [0.25, 0.3) is 0 Å². The summed E-state index contributed by atoms with van der Waals surface area (Å²) in [5.74, 6) is -0.700. The van der Waals surface area contributed by atoms with Crippen LogP contribution in [-0.2, 0) is 4.79 Å². The number of benzene rings is 1. The molecule has 0 spiro atoms. The number of rotatable bonds is 5. The Bertz CT molecular complexity index is 552.